The van der Waals surface area contributed by atoms with Crippen molar-refractivity contribution >= 4 is 11.6 Å². The summed E-state index contributed by atoms with van der Waals surface area (Å²) in [5, 5.41) is 0. The number of hydrogen-bond acceptors (Lipinski definition) is 0. The largest absolute Gasteiger partial charge is 0.207 e. The summed E-state index contributed by atoms with van der Waals surface area (Å²) >= 11 is 6.06. The van der Waals surface area contributed by atoms with Crippen molar-refractivity contribution in [3.05, 3.63) is 70.5 Å². The van der Waals surface area contributed by atoms with Crippen molar-refractivity contribution in [2.75, 3.05) is 5.88 Å². The molecule has 0 fully saturated rings. The van der Waals surface area contributed by atoms with Crippen molar-refractivity contribution in [2.45, 2.75) is 26.2 Å². The predicted octanol–water partition coefficient (Wildman–Crippen LogP) is 5.01. The molecule has 19 heavy (non-hydrogen) atoms. The van der Waals surface area contributed by atoms with E-state index < -0.39 is 0 Å². The molecule has 2 aromatic rings. The Balaban J connectivity index is 2.23. The molecule has 0 heterocycles. The highest BCUT2D eigenvalue weighted by atomic mass is 35.5. The van der Waals surface area contributed by atoms with Crippen LogP contribution in [0.15, 0.2) is 42.5 Å². The van der Waals surface area contributed by atoms with E-state index in [1.54, 1.807) is 12.1 Å². The van der Waals surface area contributed by atoms with Gasteiger partial charge in [0.2, 0.25) is 0 Å². The van der Waals surface area contributed by atoms with E-state index in [9.17, 15) is 4.39 Å². The Hall–Kier alpha value is -1.34. The molecule has 0 aliphatic carbocycles. The molecule has 0 aliphatic rings. The molecule has 2 heteroatoms. The first-order valence-electron chi connectivity index (χ1n) is 6.47. The van der Waals surface area contributed by atoms with Gasteiger partial charge >= 0.3 is 0 Å². The van der Waals surface area contributed by atoms with E-state index in [-0.39, 0.29) is 11.7 Å². The first-order chi connectivity index (χ1) is 9.08. The van der Waals surface area contributed by atoms with E-state index in [2.05, 4.69) is 32.0 Å². The van der Waals surface area contributed by atoms with Gasteiger partial charge in [-0.2, -0.15) is 0 Å². The lowest BCUT2D eigenvalue weighted by Gasteiger charge is -2.15. The maximum atomic E-state index is 13.3. The molecule has 0 bridgehead atoms. The van der Waals surface area contributed by atoms with Crippen molar-refractivity contribution in [3.8, 4) is 0 Å². The molecule has 0 nitrogen and oxygen atoms in total. The summed E-state index contributed by atoms with van der Waals surface area (Å²) in [6, 6.07) is 13.2. The van der Waals surface area contributed by atoms with E-state index in [0.717, 1.165) is 12.0 Å². The van der Waals surface area contributed by atoms with Gasteiger partial charge in [0.05, 0.1) is 0 Å². The second-order valence-electron chi connectivity index (χ2n) is 5.11. The molecule has 0 aromatic heterocycles. The fourth-order valence-electron chi connectivity index (χ4n) is 2.49. The van der Waals surface area contributed by atoms with Crippen LogP contribution in [-0.4, -0.2) is 5.88 Å². The van der Waals surface area contributed by atoms with E-state index in [1.165, 1.54) is 22.8 Å². The number of halogens is 2. The lowest BCUT2D eigenvalue weighted by molar-refractivity contribution is 0.621. The number of benzene rings is 2. The molecule has 1 atom stereocenters. The van der Waals surface area contributed by atoms with Crippen LogP contribution in [0.5, 0.6) is 0 Å². The topological polar surface area (TPSA) is 0 Å². The van der Waals surface area contributed by atoms with Gasteiger partial charge < -0.3 is 0 Å². The van der Waals surface area contributed by atoms with Gasteiger partial charge in [-0.15, -0.1) is 11.6 Å². The summed E-state index contributed by atoms with van der Waals surface area (Å²) in [5.41, 5.74) is 4.73. The minimum atomic E-state index is -0.201. The van der Waals surface area contributed by atoms with Crippen LogP contribution in [0.4, 0.5) is 4.39 Å². The van der Waals surface area contributed by atoms with Gasteiger partial charge in [0, 0.05) is 11.8 Å². The van der Waals surface area contributed by atoms with E-state index >= 15 is 0 Å². The number of alkyl halides is 1. The summed E-state index contributed by atoms with van der Waals surface area (Å²) in [5.74, 6) is 0.447. The fraction of sp³-hybridized carbons (Fsp3) is 0.294. The molecular weight excluding hydrogens is 259 g/mol. The Morgan fingerprint density at radius 2 is 1.74 bits per heavy atom. The van der Waals surface area contributed by atoms with Crippen molar-refractivity contribution in [2.24, 2.45) is 0 Å². The number of rotatable bonds is 4. The number of hydrogen-bond donors (Lipinski definition) is 0. The van der Waals surface area contributed by atoms with E-state index in [4.69, 9.17) is 11.6 Å². The van der Waals surface area contributed by atoms with Crippen LogP contribution in [0.3, 0.4) is 0 Å². The zero-order chi connectivity index (χ0) is 13.8. The lowest BCUT2D eigenvalue weighted by Crippen LogP contribution is -2.05. The molecule has 2 aromatic carbocycles. The Morgan fingerprint density at radius 1 is 1.05 bits per heavy atom. The second-order valence-corrected chi connectivity index (χ2v) is 5.41. The summed E-state index contributed by atoms with van der Waals surface area (Å²) in [4.78, 5) is 0. The molecule has 0 radical (unpaired) electrons. The second kappa shape index (κ2) is 6.21. The molecular formula is C17H18ClF. The van der Waals surface area contributed by atoms with Gasteiger partial charge in [0.15, 0.2) is 0 Å². The molecule has 0 N–H and O–H groups in total. The minimum Gasteiger partial charge on any atom is -0.207 e. The average molecular weight is 277 g/mol. The van der Waals surface area contributed by atoms with Gasteiger partial charge in [0.1, 0.15) is 5.82 Å². The molecule has 2 rings (SSSR count). The third kappa shape index (κ3) is 3.81. The normalized spacial score (nSPS) is 12.4. The van der Waals surface area contributed by atoms with Gasteiger partial charge in [-0.3, -0.25) is 0 Å². The highest BCUT2D eigenvalue weighted by Gasteiger charge is 2.12. The first kappa shape index (κ1) is 14.1. The predicted molar refractivity (Wildman–Crippen MR) is 79.5 cm³/mol. The molecule has 0 amide bonds. The number of aryl methyl sites for hydroxylation is 2. The van der Waals surface area contributed by atoms with Crippen molar-refractivity contribution in [1.82, 2.24) is 0 Å². The van der Waals surface area contributed by atoms with Gasteiger partial charge in [-0.05, 0) is 43.5 Å². The summed E-state index contributed by atoms with van der Waals surface area (Å²) in [7, 11) is 0. The summed E-state index contributed by atoms with van der Waals surface area (Å²) < 4.78 is 13.3. The monoisotopic (exact) mass is 276 g/mol. The van der Waals surface area contributed by atoms with Crippen LogP contribution in [-0.2, 0) is 6.42 Å². The lowest BCUT2D eigenvalue weighted by atomic mass is 9.92. The Morgan fingerprint density at radius 3 is 2.32 bits per heavy atom. The molecule has 1 unspecified atom stereocenters. The van der Waals surface area contributed by atoms with Crippen molar-refractivity contribution in [3.63, 3.8) is 0 Å². The quantitative estimate of drug-likeness (QED) is 0.689. The first-order valence-corrected chi connectivity index (χ1v) is 7.00. The highest BCUT2D eigenvalue weighted by Crippen LogP contribution is 2.24. The average Bonchev–Trinajstić information content (AvgIpc) is 2.34. The SMILES string of the molecule is Cc1cc(C)cc(CC(CCl)c2cccc(F)c2)c1. The zero-order valence-corrected chi connectivity index (χ0v) is 12.0. The van der Waals surface area contributed by atoms with Gasteiger partial charge in [-0.1, -0.05) is 41.5 Å². The van der Waals surface area contributed by atoms with Crippen molar-refractivity contribution in [1.29, 1.82) is 0 Å². The highest BCUT2D eigenvalue weighted by molar-refractivity contribution is 6.18. The third-order valence-electron chi connectivity index (χ3n) is 3.27. The third-order valence-corrected chi connectivity index (χ3v) is 3.64. The fourth-order valence-corrected chi connectivity index (χ4v) is 2.78. The van der Waals surface area contributed by atoms with Gasteiger partial charge in [-0.25, -0.2) is 4.39 Å². The smallest absolute Gasteiger partial charge is 0.123 e. The maximum Gasteiger partial charge on any atom is 0.123 e. The standard InChI is InChI=1S/C17H18ClF/c1-12-6-13(2)8-14(7-12)9-16(11-18)15-4-3-5-17(19)10-15/h3-8,10,16H,9,11H2,1-2H3. The van der Waals surface area contributed by atoms with Gasteiger partial charge in [0.25, 0.3) is 0 Å². The summed E-state index contributed by atoms with van der Waals surface area (Å²) in [6.07, 6.45) is 0.843. The van der Waals surface area contributed by atoms with Crippen LogP contribution in [0.2, 0.25) is 0 Å². The van der Waals surface area contributed by atoms with Crippen LogP contribution < -0.4 is 0 Å². The molecule has 0 saturated heterocycles. The Kier molecular flexibility index (Phi) is 4.60. The van der Waals surface area contributed by atoms with E-state index in [1.807, 2.05) is 6.07 Å². The maximum absolute atomic E-state index is 13.3. The van der Waals surface area contributed by atoms with Crippen LogP contribution >= 0.6 is 11.6 Å². The van der Waals surface area contributed by atoms with Crippen LogP contribution in [0.25, 0.3) is 0 Å². The van der Waals surface area contributed by atoms with Crippen molar-refractivity contribution < 1.29 is 4.39 Å². The Labute approximate surface area is 119 Å². The Bertz CT molecular complexity index is 543. The van der Waals surface area contributed by atoms with Crippen LogP contribution in [0, 0.1) is 19.7 Å². The molecule has 0 aliphatic heterocycles. The zero-order valence-electron chi connectivity index (χ0n) is 11.3. The van der Waals surface area contributed by atoms with Crippen LogP contribution in [0.1, 0.15) is 28.2 Å². The molecule has 0 spiro atoms. The molecule has 100 valence electrons. The summed E-state index contributed by atoms with van der Waals surface area (Å²) in [6.45, 7) is 4.18. The molecule has 0 saturated carbocycles. The minimum absolute atomic E-state index is 0.151. The van der Waals surface area contributed by atoms with E-state index in [0.29, 0.717) is 5.88 Å².